The summed E-state index contributed by atoms with van der Waals surface area (Å²) in [7, 11) is 0. The molecule has 26 heavy (non-hydrogen) atoms. The van der Waals surface area contributed by atoms with Gasteiger partial charge >= 0.3 is 0 Å². The van der Waals surface area contributed by atoms with E-state index in [1.54, 1.807) is 11.3 Å². The van der Waals surface area contributed by atoms with E-state index in [2.05, 4.69) is 50.2 Å². The second-order valence-corrected chi connectivity index (χ2v) is 8.21. The highest BCUT2D eigenvalue weighted by atomic mass is 32.1. The van der Waals surface area contributed by atoms with Gasteiger partial charge in [0.1, 0.15) is 17.4 Å². The number of ether oxygens (including phenoxy) is 1. The van der Waals surface area contributed by atoms with Crippen LogP contribution in [0, 0.1) is 19.8 Å². The molecule has 1 amide bonds. The van der Waals surface area contributed by atoms with Crippen molar-refractivity contribution in [2.75, 3.05) is 0 Å². The Labute approximate surface area is 160 Å². The van der Waals surface area contributed by atoms with Crippen LogP contribution in [0.5, 0.6) is 5.75 Å². The van der Waals surface area contributed by atoms with Gasteiger partial charge < -0.3 is 9.64 Å². The van der Waals surface area contributed by atoms with Crippen molar-refractivity contribution in [1.82, 2.24) is 9.88 Å². The van der Waals surface area contributed by atoms with Crippen LogP contribution in [0.3, 0.4) is 0 Å². The lowest BCUT2D eigenvalue weighted by Gasteiger charge is -2.28. The van der Waals surface area contributed by atoms with Crippen molar-refractivity contribution in [3.8, 4) is 5.75 Å². The zero-order valence-electron chi connectivity index (χ0n) is 16.1. The first-order chi connectivity index (χ1) is 12.5. The van der Waals surface area contributed by atoms with E-state index in [9.17, 15) is 4.79 Å². The van der Waals surface area contributed by atoms with Gasteiger partial charge in [0, 0.05) is 17.3 Å². The number of carbonyl (C=O) groups excluding carboxylic acids is 1. The molecule has 1 saturated carbocycles. The Morgan fingerprint density at radius 2 is 2.12 bits per heavy atom. The largest absolute Gasteiger partial charge is 0.486 e. The fraction of sp³-hybridized carbons (Fsp3) is 0.524. The number of carbonyl (C=O) groups is 1. The van der Waals surface area contributed by atoms with Crippen molar-refractivity contribution in [2.45, 2.75) is 66.2 Å². The van der Waals surface area contributed by atoms with E-state index in [1.165, 1.54) is 11.1 Å². The SMILES string of the molecule is CC[C@@H](C)N(Cc1csc(COc2ccc(C)c(C)c2)n1)C(=O)C1CC1. The maximum absolute atomic E-state index is 12.6. The van der Waals surface area contributed by atoms with Crippen LogP contribution in [0.15, 0.2) is 23.6 Å². The van der Waals surface area contributed by atoms with Crippen LogP contribution in [0.25, 0.3) is 0 Å². The van der Waals surface area contributed by atoms with E-state index in [0.29, 0.717) is 19.1 Å². The molecule has 1 atom stereocenters. The highest BCUT2D eigenvalue weighted by Crippen LogP contribution is 2.32. The Morgan fingerprint density at radius 3 is 2.77 bits per heavy atom. The van der Waals surface area contributed by atoms with Crippen molar-refractivity contribution >= 4 is 17.2 Å². The standard InChI is InChI=1S/C21H28N2O2S/c1-5-16(4)23(21(24)17-7-8-17)11-18-13-26-20(22-18)12-25-19-9-6-14(2)15(3)10-19/h6,9-10,13,16-17H,5,7-8,11-12H2,1-4H3/t16-/m1/s1. The van der Waals surface area contributed by atoms with Crippen molar-refractivity contribution in [2.24, 2.45) is 5.92 Å². The van der Waals surface area contributed by atoms with Gasteiger partial charge in [-0.25, -0.2) is 4.98 Å². The lowest BCUT2D eigenvalue weighted by atomic mass is 10.1. The van der Waals surface area contributed by atoms with E-state index in [1.807, 2.05) is 11.0 Å². The molecule has 1 heterocycles. The Morgan fingerprint density at radius 1 is 1.35 bits per heavy atom. The normalized spacial score (nSPS) is 14.9. The van der Waals surface area contributed by atoms with E-state index < -0.39 is 0 Å². The first kappa shape index (κ1) is 18.9. The van der Waals surface area contributed by atoms with Crippen molar-refractivity contribution in [1.29, 1.82) is 0 Å². The minimum Gasteiger partial charge on any atom is -0.486 e. The molecule has 1 aromatic heterocycles. The van der Waals surface area contributed by atoms with Gasteiger partial charge in [-0.1, -0.05) is 13.0 Å². The summed E-state index contributed by atoms with van der Waals surface area (Å²) in [6.45, 7) is 9.50. The quantitative estimate of drug-likeness (QED) is 0.663. The van der Waals surface area contributed by atoms with Crippen molar-refractivity contribution in [3.63, 3.8) is 0 Å². The molecule has 1 aromatic carbocycles. The van der Waals surface area contributed by atoms with Crippen LogP contribution in [0.1, 0.15) is 54.9 Å². The molecule has 4 nitrogen and oxygen atoms in total. The molecule has 0 N–H and O–H groups in total. The monoisotopic (exact) mass is 372 g/mol. The summed E-state index contributed by atoms with van der Waals surface area (Å²) in [5, 5.41) is 3.00. The summed E-state index contributed by atoms with van der Waals surface area (Å²) in [6.07, 6.45) is 3.04. The van der Waals surface area contributed by atoms with Gasteiger partial charge in [0.15, 0.2) is 0 Å². The Kier molecular flexibility index (Phi) is 5.97. The molecule has 2 aromatic rings. The average Bonchev–Trinajstić information content (AvgIpc) is 3.39. The third kappa shape index (κ3) is 4.64. The van der Waals surface area contributed by atoms with Crippen LogP contribution in [-0.4, -0.2) is 21.8 Å². The summed E-state index contributed by atoms with van der Waals surface area (Å²) in [4.78, 5) is 19.2. The fourth-order valence-corrected chi connectivity index (χ4v) is 3.54. The first-order valence-corrected chi connectivity index (χ1v) is 10.3. The summed E-state index contributed by atoms with van der Waals surface area (Å²) in [5.74, 6) is 1.41. The number of amides is 1. The average molecular weight is 373 g/mol. The predicted molar refractivity (Wildman–Crippen MR) is 105 cm³/mol. The number of hydrogen-bond acceptors (Lipinski definition) is 4. The second kappa shape index (κ2) is 8.21. The molecule has 1 aliphatic rings. The van der Waals surface area contributed by atoms with Crippen molar-refractivity contribution in [3.05, 3.63) is 45.4 Å². The van der Waals surface area contributed by atoms with Gasteiger partial charge in [0.2, 0.25) is 5.91 Å². The lowest BCUT2D eigenvalue weighted by molar-refractivity contribution is -0.135. The molecule has 1 aliphatic carbocycles. The van der Waals surface area contributed by atoms with Gasteiger partial charge in [-0.15, -0.1) is 11.3 Å². The molecule has 0 spiro atoms. The zero-order chi connectivity index (χ0) is 18.7. The smallest absolute Gasteiger partial charge is 0.226 e. The van der Waals surface area contributed by atoms with Crippen LogP contribution in [0.2, 0.25) is 0 Å². The van der Waals surface area contributed by atoms with E-state index in [4.69, 9.17) is 4.74 Å². The molecule has 0 unspecified atom stereocenters. The Balaban J connectivity index is 1.60. The summed E-state index contributed by atoms with van der Waals surface area (Å²) in [5.41, 5.74) is 3.45. The molecule has 0 bridgehead atoms. The minimum atomic E-state index is 0.246. The van der Waals surface area contributed by atoms with E-state index in [0.717, 1.165) is 35.7 Å². The molecule has 0 radical (unpaired) electrons. The maximum atomic E-state index is 12.6. The van der Waals surface area contributed by atoms with Crippen LogP contribution in [-0.2, 0) is 17.9 Å². The number of rotatable bonds is 8. The summed E-state index contributed by atoms with van der Waals surface area (Å²) < 4.78 is 5.88. The highest BCUT2D eigenvalue weighted by Gasteiger charge is 2.35. The predicted octanol–water partition coefficient (Wildman–Crippen LogP) is 4.88. The molecular weight excluding hydrogens is 344 g/mol. The molecule has 3 rings (SSSR count). The Hall–Kier alpha value is -1.88. The lowest BCUT2D eigenvalue weighted by Crippen LogP contribution is -2.38. The van der Waals surface area contributed by atoms with E-state index in [-0.39, 0.29) is 12.0 Å². The van der Waals surface area contributed by atoms with Crippen molar-refractivity contribution < 1.29 is 9.53 Å². The molecule has 0 saturated heterocycles. The molecule has 0 aliphatic heterocycles. The van der Waals surface area contributed by atoms with Gasteiger partial charge in [0.25, 0.3) is 0 Å². The first-order valence-electron chi connectivity index (χ1n) is 9.41. The van der Waals surface area contributed by atoms with Gasteiger partial charge in [-0.2, -0.15) is 0 Å². The number of benzene rings is 1. The van der Waals surface area contributed by atoms with E-state index >= 15 is 0 Å². The molecule has 140 valence electrons. The number of thiazole rings is 1. The topological polar surface area (TPSA) is 42.4 Å². The number of nitrogens with zero attached hydrogens (tertiary/aromatic N) is 2. The van der Waals surface area contributed by atoms with Gasteiger partial charge in [-0.3, -0.25) is 4.79 Å². The number of aromatic nitrogens is 1. The molecular formula is C21H28N2O2S. The molecule has 5 heteroatoms. The zero-order valence-corrected chi connectivity index (χ0v) is 16.9. The van der Waals surface area contributed by atoms with Gasteiger partial charge in [0.05, 0.1) is 12.2 Å². The van der Waals surface area contributed by atoms with Crippen LogP contribution in [0.4, 0.5) is 0 Å². The molecule has 1 fully saturated rings. The highest BCUT2D eigenvalue weighted by molar-refractivity contribution is 7.09. The maximum Gasteiger partial charge on any atom is 0.226 e. The third-order valence-corrected chi connectivity index (χ3v) is 5.98. The van der Waals surface area contributed by atoms with Gasteiger partial charge in [-0.05, 0) is 63.3 Å². The van der Waals surface area contributed by atoms with Crippen LogP contribution >= 0.6 is 11.3 Å². The second-order valence-electron chi connectivity index (χ2n) is 7.27. The number of aryl methyl sites for hydroxylation is 2. The fourth-order valence-electron chi connectivity index (χ4n) is 2.85. The third-order valence-electron chi connectivity index (χ3n) is 5.10. The number of hydrogen-bond donors (Lipinski definition) is 0. The van der Waals surface area contributed by atoms with Crippen LogP contribution < -0.4 is 4.74 Å². The Bertz CT molecular complexity index is 767. The summed E-state index contributed by atoms with van der Waals surface area (Å²) in [6, 6.07) is 6.38. The minimum absolute atomic E-state index is 0.246. The summed E-state index contributed by atoms with van der Waals surface area (Å²) >= 11 is 1.60.